The molecule has 2 aromatic rings. The normalized spacial score (nSPS) is 21.5. The number of nitrogens with zero attached hydrogens (tertiary/aromatic N) is 2. The van der Waals surface area contributed by atoms with Gasteiger partial charge in [0.25, 0.3) is 0 Å². The number of rotatable bonds is 4. The van der Waals surface area contributed by atoms with Gasteiger partial charge in [0, 0.05) is 44.7 Å². The van der Waals surface area contributed by atoms with Crippen LogP contribution in [0.25, 0.3) is 0 Å². The lowest BCUT2D eigenvalue weighted by Gasteiger charge is -2.27. The van der Waals surface area contributed by atoms with E-state index in [0.717, 1.165) is 43.8 Å². The highest BCUT2D eigenvalue weighted by Crippen LogP contribution is 2.32. The van der Waals surface area contributed by atoms with E-state index in [4.69, 9.17) is 4.74 Å². The van der Waals surface area contributed by atoms with Crippen LogP contribution in [0.5, 0.6) is 5.75 Å². The molecule has 154 valence electrons. The number of hydrogen-bond donors (Lipinski definition) is 2. The van der Waals surface area contributed by atoms with Gasteiger partial charge in [0.15, 0.2) is 5.96 Å². The average Bonchev–Trinajstić information content (AvgIpc) is 3.19. The van der Waals surface area contributed by atoms with Gasteiger partial charge in [-0.25, -0.2) is 8.78 Å². The Kier molecular flexibility index (Phi) is 5.83. The summed E-state index contributed by atoms with van der Waals surface area (Å²) >= 11 is 0. The van der Waals surface area contributed by atoms with Crippen LogP contribution in [0.1, 0.15) is 24.3 Å². The molecule has 2 aromatic carbocycles. The van der Waals surface area contributed by atoms with E-state index in [1.54, 1.807) is 7.05 Å². The first-order valence-electron chi connectivity index (χ1n) is 10.0. The Hall–Kier alpha value is -2.83. The minimum atomic E-state index is -0.556. The van der Waals surface area contributed by atoms with Crippen LogP contribution >= 0.6 is 0 Å². The van der Waals surface area contributed by atoms with Gasteiger partial charge in [-0.1, -0.05) is 18.2 Å². The van der Waals surface area contributed by atoms with Crippen LogP contribution in [0.4, 0.5) is 14.5 Å². The summed E-state index contributed by atoms with van der Waals surface area (Å²) in [5, 5.41) is 6.85. The fraction of sp³-hybridized carbons (Fsp3) is 0.409. The van der Waals surface area contributed by atoms with Gasteiger partial charge in [0.2, 0.25) is 0 Å². The molecule has 1 saturated heterocycles. The van der Waals surface area contributed by atoms with Gasteiger partial charge >= 0.3 is 0 Å². The Balaban J connectivity index is 1.32. The summed E-state index contributed by atoms with van der Waals surface area (Å²) in [5.74, 6) is 0.985. The highest BCUT2D eigenvalue weighted by molar-refractivity contribution is 5.80. The van der Waals surface area contributed by atoms with Crippen LogP contribution in [-0.4, -0.2) is 45.3 Å². The zero-order valence-corrected chi connectivity index (χ0v) is 16.5. The van der Waals surface area contributed by atoms with E-state index in [0.29, 0.717) is 24.7 Å². The smallest absolute Gasteiger partial charge is 0.191 e. The third kappa shape index (κ3) is 4.44. The maximum Gasteiger partial charge on any atom is 0.191 e. The second-order valence-electron chi connectivity index (χ2n) is 7.50. The maximum atomic E-state index is 14.1. The minimum Gasteiger partial charge on any atom is -0.493 e. The van der Waals surface area contributed by atoms with Crippen LogP contribution in [-0.2, 0) is 0 Å². The average molecular weight is 400 g/mol. The fourth-order valence-electron chi connectivity index (χ4n) is 4.07. The number of hydrogen-bond acceptors (Lipinski definition) is 3. The summed E-state index contributed by atoms with van der Waals surface area (Å²) < 4.78 is 32.9. The Morgan fingerprint density at radius 1 is 1.21 bits per heavy atom. The number of guanidine groups is 1. The largest absolute Gasteiger partial charge is 0.493 e. The predicted octanol–water partition coefficient (Wildman–Crippen LogP) is 3.27. The fourth-order valence-corrected chi connectivity index (χ4v) is 4.07. The van der Waals surface area contributed by atoms with E-state index in [-0.39, 0.29) is 6.04 Å². The third-order valence-corrected chi connectivity index (χ3v) is 5.60. The van der Waals surface area contributed by atoms with Crippen LogP contribution < -0.4 is 20.3 Å². The van der Waals surface area contributed by atoms with Crippen molar-refractivity contribution in [2.75, 3.05) is 38.2 Å². The van der Waals surface area contributed by atoms with E-state index in [1.807, 2.05) is 23.1 Å². The van der Waals surface area contributed by atoms with Gasteiger partial charge < -0.3 is 20.3 Å². The van der Waals surface area contributed by atoms with Crippen molar-refractivity contribution in [1.29, 1.82) is 0 Å². The minimum absolute atomic E-state index is 0.146. The van der Waals surface area contributed by atoms with E-state index < -0.39 is 11.6 Å². The SMILES string of the molecule is CN=C(NCC1CCOc2ccccc21)NC1CCN(c2ccc(F)cc2F)C1. The van der Waals surface area contributed by atoms with Gasteiger partial charge in [0.05, 0.1) is 12.3 Å². The first kappa shape index (κ1) is 19.5. The molecule has 0 amide bonds. The maximum absolute atomic E-state index is 14.1. The van der Waals surface area contributed by atoms with E-state index in [1.165, 1.54) is 17.7 Å². The highest BCUT2D eigenvalue weighted by Gasteiger charge is 2.26. The summed E-state index contributed by atoms with van der Waals surface area (Å²) in [4.78, 5) is 6.28. The molecule has 1 fully saturated rings. The van der Waals surface area contributed by atoms with Gasteiger partial charge in [-0.15, -0.1) is 0 Å². The first-order chi connectivity index (χ1) is 14.1. The topological polar surface area (TPSA) is 48.9 Å². The molecule has 29 heavy (non-hydrogen) atoms. The molecule has 0 radical (unpaired) electrons. The molecule has 0 aliphatic carbocycles. The molecular weight excluding hydrogens is 374 g/mol. The third-order valence-electron chi connectivity index (χ3n) is 5.60. The Labute approximate surface area is 169 Å². The summed E-state index contributed by atoms with van der Waals surface area (Å²) in [6.07, 6.45) is 1.82. The number of anilines is 1. The molecule has 2 aliphatic rings. The lowest BCUT2D eigenvalue weighted by atomic mass is 9.93. The number of halogens is 2. The Bertz CT molecular complexity index is 889. The van der Waals surface area contributed by atoms with Gasteiger partial charge in [-0.2, -0.15) is 0 Å². The van der Waals surface area contributed by atoms with Crippen LogP contribution in [0.2, 0.25) is 0 Å². The quantitative estimate of drug-likeness (QED) is 0.611. The summed E-state index contributed by atoms with van der Waals surface area (Å²) in [6.45, 7) is 2.84. The van der Waals surface area contributed by atoms with Gasteiger partial charge in [-0.05, 0) is 36.6 Å². The van der Waals surface area contributed by atoms with Crippen molar-refractivity contribution < 1.29 is 13.5 Å². The lowest BCUT2D eigenvalue weighted by Crippen LogP contribution is -2.46. The Morgan fingerprint density at radius 3 is 2.90 bits per heavy atom. The van der Waals surface area contributed by atoms with Crippen molar-refractivity contribution in [1.82, 2.24) is 10.6 Å². The molecule has 2 aliphatic heterocycles. The molecule has 2 heterocycles. The zero-order chi connectivity index (χ0) is 20.2. The molecule has 7 heteroatoms. The predicted molar refractivity (Wildman–Crippen MR) is 111 cm³/mol. The first-order valence-corrected chi connectivity index (χ1v) is 10.0. The number of nitrogens with one attached hydrogen (secondary N) is 2. The molecule has 0 saturated carbocycles. The molecular formula is C22H26F2N4O. The second-order valence-corrected chi connectivity index (χ2v) is 7.50. The summed E-state index contributed by atoms with van der Waals surface area (Å²) in [5.41, 5.74) is 1.66. The number of ether oxygens (including phenoxy) is 1. The number of para-hydroxylation sites is 1. The molecule has 5 nitrogen and oxygen atoms in total. The van der Waals surface area contributed by atoms with E-state index >= 15 is 0 Å². The Morgan fingerprint density at radius 2 is 2.07 bits per heavy atom. The molecule has 0 aromatic heterocycles. The highest BCUT2D eigenvalue weighted by atomic mass is 19.1. The zero-order valence-electron chi connectivity index (χ0n) is 16.5. The van der Waals surface area contributed by atoms with E-state index in [9.17, 15) is 8.78 Å². The van der Waals surface area contributed by atoms with Crippen LogP contribution in [0, 0.1) is 11.6 Å². The van der Waals surface area contributed by atoms with Crippen molar-refractivity contribution in [3.8, 4) is 5.75 Å². The molecule has 0 spiro atoms. The molecule has 4 rings (SSSR count). The van der Waals surface area contributed by atoms with Crippen molar-refractivity contribution in [2.45, 2.75) is 24.8 Å². The number of fused-ring (bicyclic) bond motifs is 1. The summed E-state index contributed by atoms with van der Waals surface area (Å²) in [6, 6.07) is 12.0. The second kappa shape index (κ2) is 8.68. The monoisotopic (exact) mass is 400 g/mol. The van der Waals surface area contributed by atoms with Crippen molar-refractivity contribution in [2.24, 2.45) is 4.99 Å². The van der Waals surface area contributed by atoms with E-state index in [2.05, 4.69) is 21.7 Å². The van der Waals surface area contributed by atoms with Gasteiger partial charge in [-0.3, -0.25) is 4.99 Å². The van der Waals surface area contributed by atoms with Crippen LogP contribution in [0.15, 0.2) is 47.5 Å². The van der Waals surface area contributed by atoms with Crippen molar-refractivity contribution >= 4 is 11.6 Å². The molecule has 2 N–H and O–H groups in total. The number of aliphatic imine (C=N–C) groups is 1. The number of benzene rings is 2. The standard InChI is InChI=1S/C22H26F2N4O/c1-25-22(26-13-15-9-11-29-21-5-3-2-4-18(15)21)27-17-8-10-28(14-17)20-7-6-16(23)12-19(20)24/h2-7,12,15,17H,8-11,13-14H2,1H3,(H2,25,26,27). The molecule has 2 atom stereocenters. The lowest BCUT2D eigenvalue weighted by molar-refractivity contribution is 0.267. The van der Waals surface area contributed by atoms with Gasteiger partial charge in [0.1, 0.15) is 17.4 Å². The van der Waals surface area contributed by atoms with Crippen LogP contribution in [0.3, 0.4) is 0 Å². The summed E-state index contributed by atoms with van der Waals surface area (Å²) in [7, 11) is 1.75. The van der Waals surface area contributed by atoms with Crippen molar-refractivity contribution in [3.05, 3.63) is 59.7 Å². The van der Waals surface area contributed by atoms with Crippen molar-refractivity contribution in [3.63, 3.8) is 0 Å². The molecule has 2 unspecified atom stereocenters. The molecule has 0 bridgehead atoms.